The van der Waals surface area contributed by atoms with Gasteiger partial charge in [-0.3, -0.25) is 0 Å². The van der Waals surface area contributed by atoms with E-state index < -0.39 is 11.7 Å². The minimum Gasteiger partial charge on any atom is -0.479 e. The Morgan fingerprint density at radius 2 is 1.85 bits per heavy atom. The summed E-state index contributed by atoms with van der Waals surface area (Å²) < 4.78 is 6.17. The number of hydrogen-bond donors (Lipinski definition) is 1. The van der Waals surface area contributed by atoms with Crippen LogP contribution in [-0.4, -0.2) is 11.2 Å². The zero-order valence-corrected chi connectivity index (χ0v) is 11.1. The van der Waals surface area contributed by atoms with E-state index in [0.29, 0.717) is 12.8 Å². The van der Waals surface area contributed by atoms with Crippen LogP contribution in [0.1, 0.15) is 17.5 Å². The Morgan fingerprint density at radius 1 is 1.15 bits per heavy atom. The number of aliphatic hydroxyl groups excluding tert-OH is 1. The summed E-state index contributed by atoms with van der Waals surface area (Å²) in [6, 6.07) is 17.5. The molecule has 0 aromatic heterocycles. The maximum atomic E-state index is 10.6. The van der Waals surface area contributed by atoms with Crippen molar-refractivity contribution in [3.05, 3.63) is 65.7 Å². The van der Waals surface area contributed by atoms with Crippen molar-refractivity contribution in [2.24, 2.45) is 0 Å². The molecule has 0 fully saturated rings. The first-order valence-corrected chi connectivity index (χ1v) is 6.70. The van der Waals surface area contributed by atoms with Crippen LogP contribution < -0.4 is 4.74 Å². The molecule has 1 heterocycles. The third kappa shape index (κ3) is 1.97. The molecule has 1 aliphatic rings. The van der Waals surface area contributed by atoms with Crippen molar-refractivity contribution in [1.82, 2.24) is 0 Å². The highest BCUT2D eigenvalue weighted by atomic mass is 16.5. The first-order chi connectivity index (χ1) is 9.76. The second-order valence-corrected chi connectivity index (χ2v) is 5.07. The maximum absolute atomic E-state index is 10.6. The minimum absolute atomic E-state index is 0.340. The van der Waals surface area contributed by atoms with Crippen molar-refractivity contribution in [3.63, 3.8) is 0 Å². The second kappa shape index (κ2) is 5.03. The molecule has 0 saturated carbocycles. The van der Waals surface area contributed by atoms with E-state index in [1.54, 1.807) is 0 Å². The van der Waals surface area contributed by atoms with Crippen LogP contribution in [0.4, 0.5) is 0 Å². The van der Waals surface area contributed by atoms with Crippen molar-refractivity contribution in [2.75, 3.05) is 0 Å². The Balaban J connectivity index is 2.11. The molecule has 100 valence electrons. The summed E-state index contributed by atoms with van der Waals surface area (Å²) >= 11 is 0. The van der Waals surface area contributed by atoms with Crippen molar-refractivity contribution in [1.29, 1.82) is 0 Å². The molecule has 0 amide bonds. The van der Waals surface area contributed by atoms with Crippen molar-refractivity contribution < 1.29 is 9.84 Å². The van der Waals surface area contributed by atoms with Gasteiger partial charge in [0.2, 0.25) is 0 Å². The van der Waals surface area contributed by atoms with Crippen LogP contribution in [-0.2, 0) is 12.0 Å². The van der Waals surface area contributed by atoms with Crippen LogP contribution in [0.25, 0.3) is 0 Å². The normalized spacial score (nSPS) is 24.3. The largest absolute Gasteiger partial charge is 0.479 e. The monoisotopic (exact) mass is 264 g/mol. The maximum Gasteiger partial charge on any atom is 0.171 e. The Labute approximate surface area is 119 Å². The lowest BCUT2D eigenvalue weighted by Crippen LogP contribution is -2.48. The van der Waals surface area contributed by atoms with E-state index in [2.05, 4.69) is 5.92 Å². The van der Waals surface area contributed by atoms with E-state index >= 15 is 0 Å². The fourth-order valence-electron chi connectivity index (χ4n) is 2.79. The summed E-state index contributed by atoms with van der Waals surface area (Å²) in [7, 11) is 0. The van der Waals surface area contributed by atoms with E-state index in [1.807, 2.05) is 54.6 Å². The summed E-state index contributed by atoms with van der Waals surface area (Å²) in [5.41, 5.74) is 1.08. The molecule has 2 unspecified atom stereocenters. The zero-order chi connectivity index (χ0) is 14.0. The van der Waals surface area contributed by atoms with Gasteiger partial charge in [-0.25, -0.2) is 0 Å². The molecule has 2 heteroatoms. The van der Waals surface area contributed by atoms with Gasteiger partial charge >= 0.3 is 0 Å². The van der Waals surface area contributed by atoms with Crippen LogP contribution >= 0.6 is 0 Å². The topological polar surface area (TPSA) is 29.5 Å². The highest BCUT2D eigenvalue weighted by molar-refractivity contribution is 5.40. The quantitative estimate of drug-likeness (QED) is 0.845. The lowest BCUT2D eigenvalue weighted by atomic mass is 9.80. The molecule has 1 N–H and O–H groups in total. The third-order valence-corrected chi connectivity index (χ3v) is 3.84. The molecule has 2 nitrogen and oxygen atoms in total. The molecule has 0 aliphatic carbocycles. The van der Waals surface area contributed by atoms with Crippen LogP contribution in [0.15, 0.2) is 54.6 Å². The predicted molar refractivity (Wildman–Crippen MR) is 78.4 cm³/mol. The van der Waals surface area contributed by atoms with E-state index in [9.17, 15) is 5.11 Å². The lowest BCUT2D eigenvalue weighted by Gasteiger charge is -2.41. The van der Waals surface area contributed by atoms with Gasteiger partial charge in [-0.05, 0) is 17.2 Å². The molecule has 2 aromatic carbocycles. The van der Waals surface area contributed by atoms with Crippen LogP contribution in [0.5, 0.6) is 5.75 Å². The molecule has 3 rings (SSSR count). The van der Waals surface area contributed by atoms with Gasteiger partial charge in [0, 0.05) is 6.42 Å². The van der Waals surface area contributed by atoms with Crippen LogP contribution in [0.3, 0.4) is 0 Å². The average Bonchev–Trinajstić information content (AvgIpc) is 2.49. The number of rotatable bonds is 2. The number of benzene rings is 2. The first kappa shape index (κ1) is 12.8. The first-order valence-electron chi connectivity index (χ1n) is 6.70. The number of fused-ring (bicyclic) bond motifs is 1. The fraction of sp³-hybridized carbons (Fsp3) is 0.222. The van der Waals surface area contributed by atoms with Gasteiger partial charge < -0.3 is 9.84 Å². The van der Waals surface area contributed by atoms with Gasteiger partial charge in [-0.15, -0.1) is 12.3 Å². The molecule has 2 atom stereocenters. The van der Waals surface area contributed by atoms with Crippen molar-refractivity contribution in [2.45, 2.75) is 24.5 Å². The molecule has 20 heavy (non-hydrogen) atoms. The fourth-order valence-corrected chi connectivity index (χ4v) is 2.79. The molecule has 1 aliphatic heterocycles. The Morgan fingerprint density at radius 3 is 2.60 bits per heavy atom. The minimum atomic E-state index is -0.857. The summed E-state index contributed by atoms with van der Waals surface area (Å²) in [6.07, 6.45) is 5.75. The average molecular weight is 264 g/mol. The standard InChI is InChI=1S/C18H16O2/c1-2-12-18(15-9-4-3-5-10-15)17(19)13-14-8-6-7-11-16(14)20-18/h1,3-11,17,19H,12-13H2. The number of ether oxygens (including phenoxy) is 1. The van der Waals surface area contributed by atoms with E-state index in [1.165, 1.54) is 0 Å². The predicted octanol–water partition coefficient (Wildman–Crippen LogP) is 2.90. The van der Waals surface area contributed by atoms with Crippen LogP contribution in [0.2, 0.25) is 0 Å². The summed E-state index contributed by atoms with van der Waals surface area (Å²) in [5, 5.41) is 10.6. The Kier molecular flexibility index (Phi) is 3.22. The number of aliphatic hydroxyl groups is 1. The number of para-hydroxylation sites is 1. The zero-order valence-electron chi connectivity index (χ0n) is 11.1. The van der Waals surface area contributed by atoms with E-state index in [0.717, 1.165) is 16.9 Å². The number of hydrogen-bond acceptors (Lipinski definition) is 2. The van der Waals surface area contributed by atoms with Gasteiger partial charge in [0.25, 0.3) is 0 Å². The smallest absolute Gasteiger partial charge is 0.171 e. The summed E-state index contributed by atoms with van der Waals surface area (Å²) in [4.78, 5) is 0. The molecule has 0 bridgehead atoms. The van der Waals surface area contributed by atoms with Gasteiger partial charge in [-0.2, -0.15) is 0 Å². The van der Waals surface area contributed by atoms with Gasteiger partial charge in [0.15, 0.2) is 5.60 Å². The van der Waals surface area contributed by atoms with Gasteiger partial charge in [0.1, 0.15) is 11.9 Å². The Hall–Kier alpha value is -2.24. The molecule has 0 saturated heterocycles. The van der Waals surface area contributed by atoms with Gasteiger partial charge in [-0.1, -0.05) is 48.5 Å². The second-order valence-electron chi connectivity index (χ2n) is 5.07. The molecular formula is C18H16O2. The van der Waals surface area contributed by atoms with E-state index in [-0.39, 0.29) is 0 Å². The lowest BCUT2D eigenvalue weighted by molar-refractivity contribution is -0.0689. The number of terminal acetylenes is 1. The van der Waals surface area contributed by atoms with Crippen molar-refractivity contribution >= 4 is 0 Å². The highest BCUT2D eigenvalue weighted by Gasteiger charge is 2.45. The molecule has 0 spiro atoms. The van der Waals surface area contributed by atoms with Crippen LogP contribution in [0, 0.1) is 12.3 Å². The summed E-state index contributed by atoms with van der Waals surface area (Å²) in [5.74, 6) is 3.46. The van der Waals surface area contributed by atoms with Crippen molar-refractivity contribution in [3.8, 4) is 18.1 Å². The van der Waals surface area contributed by atoms with E-state index in [4.69, 9.17) is 11.2 Å². The molecular weight excluding hydrogens is 248 g/mol. The highest BCUT2D eigenvalue weighted by Crippen LogP contribution is 2.41. The third-order valence-electron chi connectivity index (χ3n) is 3.84. The SMILES string of the molecule is C#CCC1(c2ccccc2)Oc2ccccc2CC1O. The van der Waals surface area contributed by atoms with Gasteiger partial charge in [0.05, 0.1) is 6.42 Å². The molecule has 0 radical (unpaired) electrons. The summed E-state index contributed by atoms with van der Waals surface area (Å²) in [6.45, 7) is 0. The Bertz CT molecular complexity index is 642. The molecule has 2 aromatic rings.